The van der Waals surface area contributed by atoms with E-state index in [0.29, 0.717) is 18.9 Å². The molecule has 1 amide bonds. The summed E-state index contributed by atoms with van der Waals surface area (Å²) in [5, 5.41) is 12.8. The van der Waals surface area contributed by atoms with Gasteiger partial charge >= 0.3 is 0 Å². The molecule has 0 bridgehead atoms. The lowest BCUT2D eigenvalue weighted by Crippen LogP contribution is -2.41. The van der Waals surface area contributed by atoms with Gasteiger partial charge in [-0.25, -0.2) is 0 Å². The summed E-state index contributed by atoms with van der Waals surface area (Å²) in [6.45, 7) is 0.895. The van der Waals surface area contributed by atoms with E-state index < -0.39 is 0 Å². The van der Waals surface area contributed by atoms with Crippen LogP contribution in [0.3, 0.4) is 0 Å². The molecule has 20 heavy (non-hydrogen) atoms. The van der Waals surface area contributed by atoms with Crippen molar-refractivity contribution in [2.45, 2.75) is 77.0 Å². The van der Waals surface area contributed by atoms with Gasteiger partial charge in [0.15, 0.2) is 0 Å². The third-order valence-electron chi connectivity index (χ3n) is 5.36. The predicted octanol–water partition coefficient (Wildman–Crippen LogP) is 3.41. The van der Waals surface area contributed by atoms with Gasteiger partial charge in [0, 0.05) is 18.4 Å². The van der Waals surface area contributed by atoms with Crippen LogP contribution in [0, 0.1) is 11.3 Å². The topological polar surface area (TPSA) is 49.3 Å². The molecule has 0 aromatic rings. The van der Waals surface area contributed by atoms with Crippen molar-refractivity contribution in [3.8, 4) is 0 Å². The Bertz CT molecular complexity index is 289. The number of carbonyl (C=O) groups excluding carboxylic acids is 1. The van der Waals surface area contributed by atoms with Crippen LogP contribution in [0.2, 0.25) is 0 Å². The molecule has 0 atom stereocenters. The fourth-order valence-corrected chi connectivity index (χ4v) is 3.88. The Labute approximate surface area is 123 Å². The summed E-state index contributed by atoms with van der Waals surface area (Å²) in [5.74, 6) is 0.796. The number of aliphatic hydroxyl groups is 1. The summed E-state index contributed by atoms with van der Waals surface area (Å²) in [4.78, 5) is 12.1. The summed E-state index contributed by atoms with van der Waals surface area (Å²) in [6, 6.07) is 0. The Hall–Kier alpha value is -0.570. The van der Waals surface area contributed by atoms with Gasteiger partial charge in [-0.1, -0.05) is 44.9 Å². The maximum Gasteiger partial charge on any atom is 0.220 e. The first-order valence-electron chi connectivity index (χ1n) is 8.62. The minimum absolute atomic E-state index is 0.0304. The van der Waals surface area contributed by atoms with Gasteiger partial charge in [0.05, 0.1) is 6.61 Å². The van der Waals surface area contributed by atoms with Crippen LogP contribution in [0.5, 0.6) is 0 Å². The number of hydrogen-bond donors (Lipinski definition) is 2. The zero-order chi connectivity index (χ0) is 14.3. The van der Waals surface area contributed by atoms with Gasteiger partial charge in [0.2, 0.25) is 5.91 Å². The van der Waals surface area contributed by atoms with Gasteiger partial charge in [-0.15, -0.1) is 0 Å². The fraction of sp³-hybridized carbons (Fsp3) is 0.941. The van der Waals surface area contributed by atoms with Crippen LogP contribution in [0.15, 0.2) is 0 Å². The van der Waals surface area contributed by atoms with Crippen LogP contribution in [-0.2, 0) is 4.79 Å². The Morgan fingerprint density at radius 2 is 1.60 bits per heavy atom. The van der Waals surface area contributed by atoms with Crippen LogP contribution in [0.1, 0.15) is 77.0 Å². The van der Waals surface area contributed by atoms with Gasteiger partial charge < -0.3 is 10.4 Å². The number of nitrogens with one attached hydrogen (secondary N) is 1. The number of hydrogen-bond acceptors (Lipinski definition) is 2. The van der Waals surface area contributed by atoms with E-state index in [1.165, 1.54) is 57.8 Å². The smallest absolute Gasteiger partial charge is 0.220 e. The third-order valence-corrected chi connectivity index (χ3v) is 5.36. The van der Waals surface area contributed by atoms with Crippen molar-refractivity contribution in [1.29, 1.82) is 0 Å². The molecule has 0 heterocycles. The number of rotatable bonds is 5. The van der Waals surface area contributed by atoms with E-state index in [-0.39, 0.29) is 17.9 Å². The van der Waals surface area contributed by atoms with E-state index in [0.717, 1.165) is 12.8 Å². The van der Waals surface area contributed by atoms with Gasteiger partial charge in [0.25, 0.3) is 0 Å². The van der Waals surface area contributed by atoms with E-state index in [4.69, 9.17) is 0 Å². The molecule has 2 rings (SSSR count). The first-order valence-corrected chi connectivity index (χ1v) is 8.62. The van der Waals surface area contributed by atoms with Gasteiger partial charge in [0.1, 0.15) is 0 Å². The summed E-state index contributed by atoms with van der Waals surface area (Å²) < 4.78 is 0. The van der Waals surface area contributed by atoms with Crippen molar-refractivity contribution in [3.05, 3.63) is 0 Å². The van der Waals surface area contributed by atoms with Crippen molar-refractivity contribution in [3.63, 3.8) is 0 Å². The standard InChI is InChI=1S/C17H31NO2/c19-14-17(10-6-3-7-11-17)13-18-16(20)12-15-8-4-1-2-5-9-15/h15,19H,1-14H2,(H,18,20). The largest absolute Gasteiger partial charge is 0.396 e. The average Bonchev–Trinajstić information content (AvgIpc) is 2.75. The molecule has 2 N–H and O–H groups in total. The van der Waals surface area contributed by atoms with Gasteiger partial charge in [-0.05, 0) is 31.6 Å². The van der Waals surface area contributed by atoms with E-state index in [1.54, 1.807) is 0 Å². The molecule has 2 aliphatic carbocycles. The number of carbonyl (C=O) groups is 1. The summed E-state index contributed by atoms with van der Waals surface area (Å²) in [7, 11) is 0. The quantitative estimate of drug-likeness (QED) is 0.759. The molecular formula is C17H31NO2. The zero-order valence-electron chi connectivity index (χ0n) is 12.8. The lowest BCUT2D eigenvalue weighted by Gasteiger charge is -2.35. The summed E-state index contributed by atoms with van der Waals surface area (Å²) >= 11 is 0. The molecule has 3 heteroatoms. The Balaban J connectivity index is 1.73. The third kappa shape index (κ3) is 4.76. The fourth-order valence-electron chi connectivity index (χ4n) is 3.88. The Morgan fingerprint density at radius 3 is 2.20 bits per heavy atom. The van der Waals surface area contributed by atoms with E-state index in [9.17, 15) is 9.90 Å². The molecule has 0 radical (unpaired) electrons. The highest BCUT2D eigenvalue weighted by atomic mass is 16.3. The highest BCUT2D eigenvalue weighted by Crippen LogP contribution is 2.35. The monoisotopic (exact) mass is 281 g/mol. The Morgan fingerprint density at radius 1 is 1.00 bits per heavy atom. The first-order chi connectivity index (χ1) is 9.74. The minimum Gasteiger partial charge on any atom is -0.396 e. The van der Waals surface area contributed by atoms with E-state index in [2.05, 4.69) is 5.32 Å². The molecule has 0 spiro atoms. The summed E-state index contributed by atoms with van der Waals surface area (Å²) in [6.07, 6.45) is 14.2. The Kier molecular flexibility index (Phi) is 6.34. The minimum atomic E-state index is -0.0304. The van der Waals surface area contributed by atoms with Crippen LogP contribution >= 0.6 is 0 Å². The second kappa shape index (κ2) is 8.02. The predicted molar refractivity (Wildman–Crippen MR) is 81.4 cm³/mol. The van der Waals surface area contributed by atoms with Crippen molar-refractivity contribution >= 4 is 5.91 Å². The highest BCUT2D eigenvalue weighted by molar-refractivity contribution is 5.76. The number of amides is 1. The normalized spacial score (nSPS) is 24.1. The van der Waals surface area contributed by atoms with Crippen molar-refractivity contribution in [1.82, 2.24) is 5.32 Å². The first kappa shape index (κ1) is 15.8. The highest BCUT2D eigenvalue weighted by Gasteiger charge is 2.31. The molecule has 2 saturated carbocycles. The van der Waals surface area contributed by atoms with Crippen LogP contribution in [0.4, 0.5) is 0 Å². The molecule has 0 unspecified atom stereocenters. The number of aliphatic hydroxyl groups excluding tert-OH is 1. The van der Waals surface area contributed by atoms with E-state index >= 15 is 0 Å². The molecule has 116 valence electrons. The van der Waals surface area contributed by atoms with E-state index in [1.807, 2.05) is 0 Å². The second-order valence-electron chi connectivity index (χ2n) is 7.06. The van der Waals surface area contributed by atoms with Crippen molar-refractivity contribution in [2.75, 3.05) is 13.2 Å². The lowest BCUT2D eigenvalue weighted by molar-refractivity contribution is -0.123. The van der Waals surface area contributed by atoms with Crippen LogP contribution < -0.4 is 5.32 Å². The van der Waals surface area contributed by atoms with Crippen LogP contribution in [0.25, 0.3) is 0 Å². The van der Waals surface area contributed by atoms with Crippen molar-refractivity contribution in [2.24, 2.45) is 11.3 Å². The summed E-state index contributed by atoms with van der Waals surface area (Å²) in [5.41, 5.74) is -0.0304. The molecule has 0 aliphatic heterocycles. The maximum absolute atomic E-state index is 12.1. The molecule has 0 aromatic heterocycles. The molecule has 2 fully saturated rings. The molecule has 2 aliphatic rings. The second-order valence-corrected chi connectivity index (χ2v) is 7.06. The zero-order valence-corrected chi connectivity index (χ0v) is 12.8. The molecule has 0 saturated heterocycles. The maximum atomic E-state index is 12.1. The molecule has 3 nitrogen and oxygen atoms in total. The SMILES string of the molecule is O=C(CC1CCCCCC1)NCC1(CO)CCCCC1. The molecular weight excluding hydrogens is 250 g/mol. The molecule has 0 aromatic carbocycles. The van der Waals surface area contributed by atoms with Gasteiger partial charge in [-0.2, -0.15) is 0 Å². The average molecular weight is 281 g/mol. The lowest BCUT2D eigenvalue weighted by atomic mass is 9.74. The van der Waals surface area contributed by atoms with Gasteiger partial charge in [-0.3, -0.25) is 4.79 Å². The van der Waals surface area contributed by atoms with Crippen LogP contribution in [-0.4, -0.2) is 24.2 Å². The van der Waals surface area contributed by atoms with Crippen molar-refractivity contribution < 1.29 is 9.90 Å².